The topological polar surface area (TPSA) is 37.8 Å². The smallest absolute Gasteiger partial charge is 0.127 e. The van der Waals surface area contributed by atoms with Gasteiger partial charge in [0.2, 0.25) is 0 Å². The van der Waals surface area contributed by atoms with Gasteiger partial charge in [-0.05, 0) is 13.0 Å². The van der Waals surface area contributed by atoms with E-state index in [1.807, 2.05) is 13.0 Å². The Morgan fingerprint density at radius 3 is 2.65 bits per heavy atom. The van der Waals surface area contributed by atoms with E-state index >= 15 is 0 Å². The largest absolute Gasteiger partial charge is 0.306 e. The van der Waals surface area contributed by atoms with Crippen LogP contribution < -0.4 is 5.32 Å². The quantitative estimate of drug-likeness (QED) is 0.878. The summed E-state index contributed by atoms with van der Waals surface area (Å²) < 4.78 is 13.5. The van der Waals surface area contributed by atoms with Gasteiger partial charge in [0.1, 0.15) is 12.1 Å². The highest BCUT2D eigenvalue weighted by Crippen LogP contribution is 2.16. The van der Waals surface area contributed by atoms with Crippen LogP contribution >= 0.6 is 0 Å². The second kappa shape index (κ2) is 5.50. The predicted molar refractivity (Wildman–Crippen MR) is 63.7 cm³/mol. The summed E-state index contributed by atoms with van der Waals surface area (Å²) in [5.41, 5.74) is 1.65. The van der Waals surface area contributed by atoms with Gasteiger partial charge >= 0.3 is 0 Å². The highest BCUT2D eigenvalue weighted by Gasteiger charge is 2.09. The number of hydrogen-bond acceptors (Lipinski definition) is 3. The zero-order valence-electron chi connectivity index (χ0n) is 9.60. The average Bonchev–Trinajstić information content (AvgIpc) is 2.38. The van der Waals surface area contributed by atoms with Gasteiger partial charge in [0.25, 0.3) is 0 Å². The zero-order chi connectivity index (χ0) is 12.1. The van der Waals surface area contributed by atoms with E-state index in [2.05, 4.69) is 15.3 Å². The molecule has 17 heavy (non-hydrogen) atoms. The lowest BCUT2D eigenvalue weighted by molar-refractivity contribution is 0.527. The molecule has 0 bridgehead atoms. The first-order valence-corrected chi connectivity index (χ1v) is 5.49. The maximum absolute atomic E-state index is 13.5. The fourth-order valence-corrected chi connectivity index (χ4v) is 1.63. The third-order valence-electron chi connectivity index (χ3n) is 2.60. The molecule has 0 amide bonds. The van der Waals surface area contributed by atoms with Crippen molar-refractivity contribution in [3.63, 3.8) is 0 Å². The Bertz CT molecular complexity index is 473. The van der Waals surface area contributed by atoms with E-state index < -0.39 is 0 Å². The van der Waals surface area contributed by atoms with Crippen LogP contribution in [-0.2, 0) is 6.54 Å². The molecule has 1 N–H and O–H groups in total. The minimum atomic E-state index is -0.184. The Labute approximate surface area is 99.7 Å². The first kappa shape index (κ1) is 11.7. The van der Waals surface area contributed by atoms with E-state index in [4.69, 9.17) is 0 Å². The van der Waals surface area contributed by atoms with Crippen molar-refractivity contribution in [1.29, 1.82) is 0 Å². The van der Waals surface area contributed by atoms with Crippen molar-refractivity contribution in [2.75, 3.05) is 0 Å². The molecule has 2 rings (SSSR count). The van der Waals surface area contributed by atoms with E-state index in [0.29, 0.717) is 12.1 Å². The first-order chi connectivity index (χ1) is 8.27. The number of rotatable bonds is 4. The summed E-state index contributed by atoms with van der Waals surface area (Å²) in [7, 11) is 0. The Morgan fingerprint density at radius 1 is 1.24 bits per heavy atom. The van der Waals surface area contributed by atoms with Crippen molar-refractivity contribution < 1.29 is 4.39 Å². The molecule has 0 spiro atoms. The standard InChI is InChI=1S/C13H14FN3/c1-10(12-4-2-3-5-13(12)14)17-8-11-6-15-9-16-7-11/h2-7,9-10,17H,8H2,1H3. The fraction of sp³-hybridized carbons (Fsp3) is 0.231. The third kappa shape index (κ3) is 3.07. The van der Waals surface area contributed by atoms with Crippen LogP contribution in [-0.4, -0.2) is 9.97 Å². The van der Waals surface area contributed by atoms with Crippen molar-refractivity contribution in [2.24, 2.45) is 0 Å². The lowest BCUT2D eigenvalue weighted by atomic mass is 10.1. The summed E-state index contributed by atoms with van der Waals surface area (Å²) in [5, 5.41) is 3.24. The molecule has 1 aromatic carbocycles. The van der Waals surface area contributed by atoms with Gasteiger partial charge in [-0.25, -0.2) is 14.4 Å². The maximum atomic E-state index is 13.5. The van der Waals surface area contributed by atoms with E-state index in [-0.39, 0.29) is 11.9 Å². The molecule has 0 saturated heterocycles. The van der Waals surface area contributed by atoms with Gasteiger partial charge < -0.3 is 5.32 Å². The third-order valence-corrected chi connectivity index (χ3v) is 2.60. The maximum Gasteiger partial charge on any atom is 0.127 e. The van der Waals surface area contributed by atoms with Crippen molar-refractivity contribution in [3.05, 3.63) is 59.9 Å². The monoisotopic (exact) mass is 231 g/mol. The molecule has 0 aliphatic carbocycles. The van der Waals surface area contributed by atoms with Gasteiger partial charge in [-0.1, -0.05) is 18.2 Å². The number of halogens is 1. The zero-order valence-corrected chi connectivity index (χ0v) is 9.60. The second-order valence-electron chi connectivity index (χ2n) is 3.87. The molecule has 0 radical (unpaired) electrons. The van der Waals surface area contributed by atoms with Crippen LogP contribution in [0.15, 0.2) is 43.0 Å². The Balaban J connectivity index is 1.99. The lowest BCUT2D eigenvalue weighted by Crippen LogP contribution is -2.19. The van der Waals surface area contributed by atoms with Crippen LogP contribution in [0.4, 0.5) is 4.39 Å². The van der Waals surface area contributed by atoms with Crippen LogP contribution in [0.2, 0.25) is 0 Å². The molecule has 0 fully saturated rings. The van der Waals surface area contributed by atoms with Crippen LogP contribution in [0.25, 0.3) is 0 Å². The molecule has 0 aliphatic heterocycles. The molecular weight excluding hydrogens is 217 g/mol. The number of aromatic nitrogens is 2. The number of hydrogen-bond donors (Lipinski definition) is 1. The number of nitrogens with one attached hydrogen (secondary N) is 1. The predicted octanol–water partition coefficient (Wildman–Crippen LogP) is 2.47. The van der Waals surface area contributed by atoms with Crippen molar-refractivity contribution >= 4 is 0 Å². The van der Waals surface area contributed by atoms with Gasteiger partial charge in [-0.3, -0.25) is 0 Å². The second-order valence-corrected chi connectivity index (χ2v) is 3.87. The van der Waals surface area contributed by atoms with E-state index in [9.17, 15) is 4.39 Å². The van der Waals surface area contributed by atoms with Gasteiger partial charge in [0.05, 0.1) is 0 Å². The molecular formula is C13H14FN3. The SMILES string of the molecule is CC(NCc1cncnc1)c1ccccc1F. The Hall–Kier alpha value is -1.81. The first-order valence-electron chi connectivity index (χ1n) is 5.49. The summed E-state index contributed by atoms with van der Waals surface area (Å²) in [6.45, 7) is 2.55. The van der Waals surface area contributed by atoms with Crippen molar-refractivity contribution in [2.45, 2.75) is 19.5 Å². The van der Waals surface area contributed by atoms with Crippen LogP contribution in [0.3, 0.4) is 0 Å². The van der Waals surface area contributed by atoms with Gasteiger partial charge in [0, 0.05) is 36.1 Å². The molecule has 1 atom stereocenters. The molecule has 0 saturated carbocycles. The summed E-state index contributed by atoms with van der Waals surface area (Å²) in [6.07, 6.45) is 4.98. The Kier molecular flexibility index (Phi) is 3.77. The summed E-state index contributed by atoms with van der Waals surface area (Å²) in [4.78, 5) is 7.86. The molecule has 4 heteroatoms. The van der Waals surface area contributed by atoms with Gasteiger partial charge in [0.15, 0.2) is 0 Å². The van der Waals surface area contributed by atoms with Crippen molar-refractivity contribution in [3.8, 4) is 0 Å². The number of benzene rings is 1. The van der Waals surface area contributed by atoms with Gasteiger partial charge in [-0.15, -0.1) is 0 Å². The molecule has 3 nitrogen and oxygen atoms in total. The minimum Gasteiger partial charge on any atom is -0.306 e. The van der Waals surface area contributed by atoms with Crippen LogP contribution in [0.5, 0.6) is 0 Å². The molecule has 88 valence electrons. The fourth-order valence-electron chi connectivity index (χ4n) is 1.63. The molecule has 1 unspecified atom stereocenters. The summed E-state index contributed by atoms with van der Waals surface area (Å²) in [6, 6.07) is 6.74. The van der Waals surface area contributed by atoms with Gasteiger partial charge in [-0.2, -0.15) is 0 Å². The minimum absolute atomic E-state index is 0.0450. The highest BCUT2D eigenvalue weighted by molar-refractivity contribution is 5.20. The molecule has 2 aromatic rings. The van der Waals surface area contributed by atoms with Crippen LogP contribution in [0, 0.1) is 5.82 Å². The normalized spacial score (nSPS) is 12.4. The van der Waals surface area contributed by atoms with E-state index in [0.717, 1.165) is 5.56 Å². The van der Waals surface area contributed by atoms with E-state index in [1.54, 1.807) is 24.5 Å². The van der Waals surface area contributed by atoms with Crippen molar-refractivity contribution in [1.82, 2.24) is 15.3 Å². The highest BCUT2D eigenvalue weighted by atomic mass is 19.1. The van der Waals surface area contributed by atoms with E-state index in [1.165, 1.54) is 12.4 Å². The average molecular weight is 231 g/mol. The number of nitrogens with zero attached hydrogens (tertiary/aromatic N) is 2. The van der Waals surface area contributed by atoms with Crippen LogP contribution in [0.1, 0.15) is 24.1 Å². The molecule has 1 heterocycles. The summed E-state index contributed by atoms with van der Waals surface area (Å²) >= 11 is 0. The summed E-state index contributed by atoms with van der Waals surface area (Å²) in [5.74, 6) is -0.184. The molecule has 0 aliphatic rings. The lowest BCUT2D eigenvalue weighted by Gasteiger charge is -2.14. The Morgan fingerprint density at radius 2 is 1.94 bits per heavy atom. The molecule has 1 aromatic heterocycles.